The number of ether oxygens (including phenoxy) is 2. The van der Waals surface area contributed by atoms with Crippen LogP contribution in [-0.2, 0) is 6.54 Å². The summed E-state index contributed by atoms with van der Waals surface area (Å²) >= 11 is 0. The van der Waals surface area contributed by atoms with Crippen molar-refractivity contribution >= 4 is 24.8 Å². The van der Waals surface area contributed by atoms with Crippen molar-refractivity contribution in [2.75, 3.05) is 40.9 Å². The van der Waals surface area contributed by atoms with E-state index in [0.717, 1.165) is 50.6 Å². The Morgan fingerprint density at radius 1 is 1.14 bits per heavy atom. The fraction of sp³-hybridized carbons (Fsp3) is 0.625. The Kier molecular flexibility index (Phi) is 15.0. The van der Waals surface area contributed by atoms with Crippen molar-refractivity contribution in [2.45, 2.75) is 26.3 Å². The molecule has 0 fully saturated rings. The lowest BCUT2D eigenvalue weighted by Crippen LogP contribution is -2.21. The zero-order chi connectivity index (χ0) is 14.8. The lowest BCUT2D eigenvalue weighted by atomic mass is 10.2. The average molecular weight is 353 g/mol. The standard InChI is InChI=1S/C16H28N2O2.2ClH/c1-5-11-20-15-8-7-14(12-16(15)19-4)13-17-9-6-10-18(2)3;;/h7-8,12,17H,5-6,9-11,13H2,1-4H3;2*1H. The molecule has 0 bridgehead atoms. The van der Waals surface area contributed by atoms with Crippen molar-refractivity contribution < 1.29 is 9.47 Å². The Morgan fingerprint density at radius 3 is 2.45 bits per heavy atom. The summed E-state index contributed by atoms with van der Waals surface area (Å²) in [5.74, 6) is 1.64. The van der Waals surface area contributed by atoms with E-state index < -0.39 is 0 Å². The van der Waals surface area contributed by atoms with Crippen LogP contribution in [0, 0.1) is 0 Å². The van der Waals surface area contributed by atoms with Gasteiger partial charge in [0.25, 0.3) is 0 Å². The van der Waals surface area contributed by atoms with Gasteiger partial charge in [-0.1, -0.05) is 13.0 Å². The molecule has 0 amide bonds. The number of methoxy groups -OCH3 is 1. The minimum absolute atomic E-state index is 0. The molecular weight excluding hydrogens is 323 g/mol. The van der Waals surface area contributed by atoms with E-state index in [9.17, 15) is 0 Å². The number of hydrogen-bond acceptors (Lipinski definition) is 4. The lowest BCUT2D eigenvalue weighted by Gasteiger charge is -2.13. The molecule has 0 aliphatic carbocycles. The van der Waals surface area contributed by atoms with Crippen LogP contribution in [0.5, 0.6) is 11.5 Å². The van der Waals surface area contributed by atoms with E-state index in [2.05, 4.69) is 37.3 Å². The first-order chi connectivity index (χ1) is 9.67. The summed E-state index contributed by atoms with van der Waals surface area (Å²) in [4.78, 5) is 2.20. The molecule has 0 aliphatic heterocycles. The van der Waals surface area contributed by atoms with Crippen LogP contribution in [0.2, 0.25) is 0 Å². The van der Waals surface area contributed by atoms with Gasteiger partial charge in [0, 0.05) is 6.54 Å². The number of hydrogen-bond donors (Lipinski definition) is 1. The summed E-state index contributed by atoms with van der Waals surface area (Å²) in [6.45, 7) is 5.81. The quantitative estimate of drug-likeness (QED) is 0.654. The van der Waals surface area contributed by atoms with Crippen LogP contribution in [0.4, 0.5) is 0 Å². The van der Waals surface area contributed by atoms with Crippen LogP contribution in [0.25, 0.3) is 0 Å². The largest absolute Gasteiger partial charge is 0.493 e. The maximum atomic E-state index is 5.65. The first-order valence-electron chi connectivity index (χ1n) is 7.32. The molecule has 0 aromatic heterocycles. The van der Waals surface area contributed by atoms with Crippen LogP contribution in [0.15, 0.2) is 18.2 Å². The highest BCUT2D eigenvalue weighted by molar-refractivity contribution is 5.85. The molecule has 0 unspecified atom stereocenters. The molecule has 0 saturated heterocycles. The van der Waals surface area contributed by atoms with E-state index in [-0.39, 0.29) is 24.8 Å². The van der Waals surface area contributed by atoms with E-state index in [1.54, 1.807) is 7.11 Å². The van der Waals surface area contributed by atoms with E-state index in [1.165, 1.54) is 5.56 Å². The SMILES string of the molecule is CCCOc1ccc(CNCCCN(C)C)cc1OC.Cl.Cl. The Balaban J connectivity index is 0. The first kappa shape index (κ1) is 23.6. The number of nitrogens with one attached hydrogen (secondary N) is 1. The van der Waals surface area contributed by atoms with Gasteiger partial charge in [0.15, 0.2) is 11.5 Å². The van der Waals surface area contributed by atoms with Gasteiger partial charge in [0.05, 0.1) is 13.7 Å². The second-order valence-corrected chi connectivity index (χ2v) is 5.17. The molecule has 1 aromatic carbocycles. The second-order valence-electron chi connectivity index (χ2n) is 5.17. The molecule has 4 nitrogen and oxygen atoms in total. The highest BCUT2D eigenvalue weighted by Crippen LogP contribution is 2.28. The Bertz CT molecular complexity index is 390. The Labute approximate surface area is 147 Å². The van der Waals surface area contributed by atoms with Crippen molar-refractivity contribution in [1.82, 2.24) is 10.2 Å². The molecule has 130 valence electrons. The summed E-state index contributed by atoms with van der Waals surface area (Å²) < 4.78 is 11.0. The minimum Gasteiger partial charge on any atom is -0.493 e. The summed E-state index contributed by atoms with van der Waals surface area (Å²) in [7, 11) is 5.88. The minimum atomic E-state index is 0. The predicted molar refractivity (Wildman–Crippen MR) is 98.2 cm³/mol. The summed E-state index contributed by atoms with van der Waals surface area (Å²) in [5, 5.41) is 3.45. The van der Waals surface area contributed by atoms with Crippen molar-refractivity contribution in [3.8, 4) is 11.5 Å². The fourth-order valence-electron chi connectivity index (χ4n) is 1.91. The predicted octanol–water partition coefficient (Wildman–Crippen LogP) is 3.37. The van der Waals surface area contributed by atoms with E-state index in [4.69, 9.17) is 9.47 Å². The van der Waals surface area contributed by atoms with E-state index in [1.807, 2.05) is 12.1 Å². The van der Waals surface area contributed by atoms with Crippen LogP contribution < -0.4 is 14.8 Å². The highest BCUT2D eigenvalue weighted by Gasteiger charge is 2.05. The van der Waals surface area contributed by atoms with Crippen LogP contribution in [-0.4, -0.2) is 45.8 Å². The third-order valence-corrected chi connectivity index (χ3v) is 2.98. The summed E-state index contributed by atoms with van der Waals surface area (Å²) in [6, 6.07) is 6.13. The molecular formula is C16H30Cl2N2O2. The van der Waals surface area contributed by atoms with Crippen LogP contribution in [0.1, 0.15) is 25.3 Å². The third kappa shape index (κ3) is 9.36. The molecule has 1 rings (SSSR count). The zero-order valence-electron chi connectivity index (χ0n) is 14.1. The summed E-state index contributed by atoms with van der Waals surface area (Å²) in [6.07, 6.45) is 2.15. The number of benzene rings is 1. The smallest absolute Gasteiger partial charge is 0.161 e. The summed E-state index contributed by atoms with van der Waals surface area (Å²) in [5.41, 5.74) is 1.22. The number of nitrogens with zero attached hydrogens (tertiary/aromatic N) is 1. The zero-order valence-corrected chi connectivity index (χ0v) is 15.7. The molecule has 1 N–H and O–H groups in total. The number of halogens is 2. The molecule has 0 heterocycles. The Morgan fingerprint density at radius 2 is 1.86 bits per heavy atom. The van der Waals surface area contributed by atoms with Crippen molar-refractivity contribution in [1.29, 1.82) is 0 Å². The maximum absolute atomic E-state index is 5.65. The number of rotatable bonds is 10. The van der Waals surface area contributed by atoms with Gasteiger partial charge in [0.2, 0.25) is 0 Å². The van der Waals surface area contributed by atoms with Gasteiger partial charge in [-0.05, 0) is 57.7 Å². The van der Waals surface area contributed by atoms with Gasteiger partial charge in [-0.25, -0.2) is 0 Å². The van der Waals surface area contributed by atoms with Crippen LogP contribution in [0.3, 0.4) is 0 Å². The van der Waals surface area contributed by atoms with Gasteiger partial charge in [-0.2, -0.15) is 0 Å². The molecule has 0 atom stereocenters. The van der Waals surface area contributed by atoms with Gasteiger partial charge in [0.1, 0.15) is 0 Å². The topological polar surface area (TPSA) is 33.7 Å². The molecule has 6 heteroatoms. The molecule has 0 radical (unpaired) electrons. The Hall–Kier alpha value is -0.680. The highest BCUT2D eigenvalue weighted by atomic mass is 35.5. The molecule has 22 heavy (non-hydrogen) atoms. The molecule has 0 aliphatic rings. The molecule has 0 saturated carbocycles. The van der Waals surface area contributed by atoms with Gasteiger partial charge in [-0.3, -0.25) is 0 Å². The monoisotopic (exact) mass is 352 g/mol. The van der Waals surface area contributed by atoms with Gasteiger partial charge < -0.3 is 19.7 Å². The third-order valence-electron chi connectivity index (χ3n) is 2.98. The van der Waals surface area contributed by atoms with Crippen molar-refractivity contribution in [3.63, 3.8) is 0 Å². The van der Waals surface area contributed by atoms with Gasteiger partial charge in [-0.15, -0.1) is 24.8 Å². The maximum Gasteiger partial charge on any atom is 0.161 e. The first-order valence-corrected chi connectivity index (χ1v) is 7.32. The second kappa shape index (κ2) is 13.9. The average Bonchev–Trinajstić information content (AvgIpc) is 2.44. The fourth-order valence-corrected chi connectivity index (χ4v) is 1.91. The van der Waals surface area contributed by atoms with Crippen LogP contribution >= 0.6 is 24.8 Å². The molecule has 0 spiro atoms. The van der Waals surface area contributed by atoms with E-state index in [0.29, 0.717) is 0 Å². The van der Waals surface area contributed by atoms with Gasteiger partial charge >= 0.3 is 0 Å². The van der Waals surface area contributed by atoms with E-state index >= 15 is 0 Å². The lowest BCUT2D eigenvalue weighted by molar-refractivity contribution is 0.294. The van der Waals surface area contributed by atoms with Crippen molar-refractivity contribution in [2.24, 2.45) is 0 Å². The van der Waals surface area contributed by atoms with Crippen molar-refractivity contribution in [3.05, 3.63) is 23.8 Å². The molecule has 1 aromatic rings. The normalized spacial score (nSPS) is 9.86.